The Labute approximate surface area is 140 Å². The molecule has 1 atom stereocenters. The quantitative estimate of drug-likeness (QED) is 0.785. The van der Waals surface area contributed by atoms with Gasteiger partial charge in [0.2, 0.25) is 5.88 Å². The third-order valence-electron chi connectivity index (χ3n) is 3.52. The molecule has 24 heavy (non-hydrogen) atoms. The molecule has 1 amide bonds. The lowest BCUT2D eigenvalue weighted by atomic mass is 10.2. The van der Waals surface area contributed by atoms with Crippen LogP contribution in [0.3, 0.4) is 0 Å². The fourth-order valence-corrected chi connectivity index (χ4v) is 2.03. The molecule has 0 bridgehead atoms. The molecular formula is C16H20N6O2. The van der Waals surface area contributed by atoms with Crippen molar-refractivity contribution in [3.63, 3.8) is 0 Å². The van der Waals surface area contributed by atoms with E-state index in [4.69, 9.17) is 10.00 Å². The zero-order chi connectivity index (χ0) is 17.7. The fourth-order valence-electron chi connectivity index (χ4n) is 2.03. The minimum atomic E-state index is -0.367. The van der Waals surface area contributed by atoms with Gasteiger partial charge in [0.25, 0.3) is 5.91 Å². The second-order valence-corrected chi connectivity index (χ2v) is 5.34. The summed E-state index contributed by atoms with van der Waals surface area (Å²) in [6, 6.07) is 5.21. The van der Waals surface area contributed by atoms with Gasteiger partial charge in [-0.05, 0) is 26.3 Å². The van der Waals surface area contributed by atoms with Crippen molar-refractivity contribution < 1.29 is 9.53 Å². The number of nitriles is 1. The smallest absolute Gasteiger partial charge is 0.269 e. The number of hydrogen-bond acceptors (Lipinski definition) is 6. The minimum absolute atomic E-state index is 0.0181. The van der Waals surface area contributed by atoms with E-state index in [9.17, 15) is 4.79 Å². The van der Waals surface area contributed by atoms with E-state index in [1.54, 1.807) is 26.1 Å². The summed E-state index contributed by atoms with van der Waals surface area (Å²) in [6.07, 6.45) is 2.38. The van der Waals surface area contributed by atoms with Crippen LogP contribution < -0.4 is 15.6 Å². The maximum atomic E-state index is 12.3. The number of hydrogen-bond donors (Lipinski definition) is 2. The second-order valence-electron chi connectivity index (χ2n) is 5.34. The Kier molecular flexibility index (Phi) is 5.37. The highest BCUT2D eigenvalue weighted by Crippen LogP contribution is 2.17. The van der Waals surface area contributed by atoms with Gasteiger partial charge in [-0.1, -0.05) is 6.92 Å². The number of aromatic nitrogens is 3. The first-order valence-corrected chi connectivity index (χ1v) is 7.59. The number of nitrogens with zero attached hydrogens (tertiary/aromatic N) is 4. The number of amides is 1. The Bertz CT molecular complexity index is 777. The van der Waals surface area contributed by atoms with Crippen LogP contribution in [0.1, 0.15) is 41.9 Å². The van der Waals surface area contributed by atoms with Crippen LogP contribution in [0.15, 0.2) is 18.3 Å². The van der Waals surface area contributed by atoms with E-state index >= 15 is 0 Å². The van der Waals surface area contributed by atoms with Gasteiger partial charge in [0.15, 0.2) is 5.82 Å². The van der Waals surface area contributed by atoms with Crippen molar-refractivity contribution in [1.29, 1.82) is 5.26 Å². The topological polar surface area (TPSA) is 105 Å². The predicted octanol–water partition coefficient (Wildman–Crippen LogP) is 1.93. The zero-order valence-corrected chi connectivity index (χ0v) is 14.1. The minimum Gasteiger partial charge on any atom is -0.475 e. The third-order valence-corrected chi connectivity index (χ3v) is 3.52. The summed E-state index contributed by atoms with van der Waals surface area (Å²) >= 11 is 0. The van der Waals surface area contributed by atoms with Crippen LogP contribution in [0.4, 0.5) is 5.82 Å². The Morgan fingerprint density at radius 1 is 1.54 bits per heavy atom. The number of pyridine rings is 1. The van der Waals surface area contributed by atoms with Crippen molar-refractivity contribution in [3.8, 4) is 11.9 Å². The van der Waals surface area contributed by atoms with Crippen molar-refractivity contribution in [2.45, 2.75) is 33.3 Å². The van der Waals surface area contributed by atoms with Gasteiger partial charge in [0.05, 0.1) is 11.8 Å². The summed E-state index contributed by atoms with van der Waals surface area (Å²) < 4.78 is 7.11. The number of hydrazine groups is 1. The van der Waals surface area contributed by atoms with E-state index in [0.29, 0.717) is 28.5 Å². The molecule has 1 unspecified atom stereocenters. The van der Waals surface area contributed by atoms with Crippen molar-refractivity contribution in [3.05, 3.63) is 35.2 Å². The molecular weight excluding hydrogens is 308 g/mol. The van der Waals surface area contributed by atoms with Crippen LogP contribution in [0.25, 0.3) is 0 Å². The van der Waals surface area contributed by atoms with Crippen LogP contribution in [0.5, 0.6) is 5.88 Å². The highest BCUT2D eigenvalue weighted by Gasteiger charge is 2.14. The Morgan fingerprint density at radius 3 is 2.96 bits per heavy atom. The maximum Gasteiger partial charge on any atom is 0.269 e. The molecule has 0 saturated heterocycles. The number of anilines is 1. The second kappa shape index (κ2) is 7.46. The normalized spacial score (nSPS) is 11.5. The lowest BCUT2D eigenvalue weighted by Crippen LogP contribution is -2.30. The van der Waals surface area contributed by atoms with Crippen LogP contribution in [-0.2, 0) is 7.05 Å². The Morgan fingerprint density at radius 2 is 2.29 bits per heavy atom. The zero-order valence-electron chi connectivity index (χ0n) is 14.1. The molecule has 8 nitrogen and oxygen atoms in total. The molecule has 0 spiro atoms. The van der Waals surface area contributed by atoms with Gasteiger partial charge in [-0.3, -0.25) is 20.3 Å². The molecule has 2 heterocycles. The standard InChI is InChI=1S/C16H20N6O2/c1-5-10(2)24-14-8-12(6-7-18-14)16(23)20-19-15-13(9-17)11(3)21-22(15)4/h6-8,10,19H,5H2,1-4H3,(H,20,23). The summed E-state index contributed by atoms with van der Waals surface area (Å²) in [4.78, 5) is 16.4. The summed E-state index contributed by atoms with van der Waals surface area (Å²) in [6.45, 7) is 5.67. The number of carbonyl (C=O) groups excluding carboxylic acids is 1. The first-order chi connectivity index (χ1) is 11.5. The molecule has 2 rings (SSSR count). The van der Waals surface area contributed by atoms with Crippen LogP contribution in [0, 0.1) is 18.3 Å². The van der Waals surface area contributed by atoms with Gasteiger partial charge in [0, 0.05) is 24.9 Å². The molecule has 0 saturated carbocycles. The van der Waals surface area contributed by atoms with Crippen molar-refractivity contribution >= 4 is 11.7 Å². The van der Waals surface area contributed by atoms with E-state index < -0.39 is 0 Å². The number of carbonyl (C=O) groups is 1. The largest absolute Gasteiger partial charge is 0.475 e. The van der Waals surface area contributed by atoms with Gasteiger partial charge in [-0.2, -0.15) is 10.4 Å². The van der Waals surface area contributed by atoms with Gasteiger partial charge in [0.1, 0.15) is 11.6 Å². The van der Waals surface area contributed by atoms with Crippen molar-refractivity contribution in [2.75, 3.05) is 5.43 Å². The lowest BCUT2D eigenvalue weighted by molar-refractivity contribution is 0.0961. The van der Waals surface area contributed by atoms with Crippen LogP contribution in [-0.4, -0.2) is 26.8 Å². The highest BCUT2D eigenvalue weighted by atomic mass is 16.5. The van der Waals surface area contributed by atoms with Crippen molar-refractivity contribution in [1.82, 2.24) is 20.2 Å². The van der Waals surface area contributed by atoms with E-state index in [1.807, 2.05) is 13.8 Å². The molecule has 8 heteroatoms. The van der Waals surface area contributed by atoms with E-state index in [0.717, 1.165) is 6.42 Å². The SMILES string of the molecule is CCC(C)Oc1cc(C(=O)NNc2c(C#N)c(C)nn2C)ccn1. The molecule has 2 aromatic heterocycles. The first kappa shape index (κ1) is 17.3. The van der Waals surface area contributed by atoms with Gasteiger partial charge in [-0.15, -0.1) is 0 Å². The molecule has 0 aliphatic carbocycles. The molecule has 126 valence electrons. The average Bonchev–Trinajstić information content (AvgIpc) is 2.85. The van der Waals surface area contributed by atoms with Crippen LogP contribution >= 0.6 is 0 Å². The number of rotatable bonds is 6. The molecule has 0 fully saturated rings. The maximum absolute atomic E-state index is 12.3. The van der Waals surface area contributed by atoms with Crippen LogP contribution in [0.2, 0.25) is 0 Å². The fraction of sp³-hybridized carbons (Fsp3) is 0.375. The highest BCUT2D eigenvalue weighted by molar-refractivity contribution is 5.95. The number of ether oxygens (including phenoxy) is 1. The average molecular weight is 328 g/mol. The van der Waals surface area contributed by atoms with E-state index in [2.05, 4.69) is 27.0 Å². The molecule has 2 N–H and O–H groups in total. The first-order valence-electron chi connectivity index (χ1n) is 7.59. The third kappa shape index (κ3) is 3.81. The molecule has 2 aromatic rings. The number of aryl methyl sites for hydroxylation is 2. The predicted molar refractivity (Wildman–Crippen MR) is 88.4 cm³/mol. The Hall–Kier alpha value is -3.08. The van der Waals surface area contributed by atoms with E-state index in [-0.39, 0.29) is 12.0 Å². The summed E-state index contributed by atoms with van der Waals surface area (Å²) in [7, 11) is 1.69. The summed E-state index contributed by atoms with van der Waals surface area (Å²) in [5.74, 6) is 0.453. The van der Waals surface area contributed by atoms with Gasteiger partial charge < -0.3 is 4.74 Å². The Balaban J connectivity index is 2.08. The molecule has 0 aliphatic rings. The molecule has 0 aromatic carbocycles. The van der Waals surface area contributed by atoms with Crippen molar-refractivity contribution in [2.24, 2.45) is 7.05 Å². The lowest BCUT2D eigenvalue weighted by Gasteiger charge is -2.12. The van der Waals surface area contributed by atoms with Gasteiger partial charge >= 0.3 is 0 Å². The number of nitrogens with one attached hydrogen (secondary N) is 2. The van der Waals surface area contributed by atoms with E-state index in [1.165, 1.54) is 10.9 Å². The summed E-state index contributed by atoms with van der Waals surface area (Å²) in [5, 5.41) is 13.3. The monoisotopic (exact) mass is 328 g/mol. The summed E-state index contributed by atoms with van der Waals surface area (Å²) in [5.41, 5.74) is 6.66. The molecule has 0 aliphatic heterocycles. The van der Waals surface area contributed by atoms with Gasteiger partial charge in [-0.25, -0.2) is 4.98 Å². The molecule has 0 radical (unpaired) electrons.